The summed E-state index contributed by atoms with van der Waals surface area (Å²) in [6.45, 7) is 2.65. The van der Waals surface area contributed by atoms with E-state index in [2.05, 4.69) is 15.2 Å². The average Bonchev–Trinajstić information content (AvgIpc) is 3.22. The number of nitrogens with one attached hydrogen (secondary N) is 1. The molecule has 1 saturated heterocycles. The summed E-state index contributed by atoms with van der Waals surface area (Å²) >= 11 is 0. The third-order valence-electron chi connectivity index (χ3n) is 4.93. The fraction of sp³-hybridized carbons (Fsp3) is 0.333. The summed E-state index contributed by atoms with van der Waals surface area (Å²) < 4.78 is 8.63. The first-order chi connectivity index (χ1) is 12.9. The number of amides is 1. The summed E-state index contributed by atoms with van der Waals surface area (Å²) in [7, 11) is 3.37. The summed E-state index contributed by atoms with van der Waals surface area (Å²) in [5.74, 6) is 0.410. The Labute approximate surface area is 155 Å². The SMILES string of the molecule is COC1(c2ncnn2C)CN(C(=O)c2cc(=O)n(-c3ccc(C)cc3)[nH]2)C1. The zero-order valence-corrected chi connectivity index (χ0v) is 15.3. The van der Waals surface area contributed by atoms with Gasteiger partial charge in [-0.2, -0.15) is 5.10 Å². The van der Waals surface area contributed by atoms with Gasteiger partial charge in [-0.15, -0.1) is 0 Å². The molecule has 9 nitrogen and oxygen atoms in total. The largest absolute Gasteiger partial charge is 0.366 e. The van der Waals surface area contributed by atoms with E-state index < -0.39 is 5.60 Å². The van der Waals surface area contributed by atoms with Crippen LogP contribution in [-0.2, 0) is 17.4 Å². The van der Waals surface area contributed by atoms with E-state index in [9.17, 15) is 9.59 Å². The number of methoxy groups -OCH3 is 1. The van der Waals surface area contributed by atoms with Crippen molar-refractivity contribution in [3.8, 4) is 5.69 Å². The van der Waals surface area contributed by atoms with Crippen LogP contribution in [0.5, 0.6) is 0 Å². The lowest BCUT2D eigenvalue weighted by Gasteiger charge is -2.47. The number of aryl methyl sites for hydroxylation is 2. The Bertz CT molecular complexity index is 1040. The van der Waals surface area contributed by atoms with Crippen molar-refractivity contribution in [3.05, 3.63) is 64.1 Å². The van der Waals surface area contributed by atoms with Crippen LogP contribution < -0.4 is 5.56 Å². The van der Waals surface area contributed by atoms with Crippen molar-refractivity contribution >= 4 is 5.91 Å². The van der Waals surface area contributed by atoms with Gasteiger partial charge in [-0.3, -0.25) is 19.4 Å². The number of carbonyl (C=O) groups is 1. The highest BCUT2D eigenvalue weighted by molar-refractivity contribution is 5.93. The van der Waals surface area contributed by atoms with Gasteiger partial charge in [0, 0.05) is 20.2 Å². The number of likely N-dealkylation sites (tertiary alicyclic amines) is 1. The Balaban J connectivity index is 1.55. The van der Waals surface area contributed by atoms with Crippen LogP contribution >= 0.6 is 0 Å². The van der Waals surface area contributed by atoms with Crippen LogP contribution in [0.4, 0.5) is 0 Å². The molecule has 0 aliphatic carbocycles. The van der Waals surface area contributed by atoms with E-state index in [0.717, 1.165) is 5.56 Å². The third-order valence-corrected chi connectivity index (χ3v) is 4.93. The molecule has 4 rings (SSSR count). The maximum absolute atomic E-state index is 12.8. The normalized spacial score (nSPS) is 15.6. The molecule has 1 N–H and O–H groups in total. The first-order valence-electron chi connectivity index (χ1n) is 8.51. The van der Waals surface area contributed by atoms with Gasteiger partial charge >= 0.3 is 0 Å². The molecule has 3 heterocycles. The molecule has 1 aliphatic rings. The summed E-state index contributed by atoms with van der Waals surface area (Å²) in [4.78, 5) is 30.9. The minimum absolute atomic E-state index is 0.239. The van der Waals surface area contributed by atoms with E-state index in [0.29, 0.717) is 24.6 Å². The second-order valence-electron chi connectivity index (χ2n) is 6.75. The van der Waals surface area contributed by atoms with Crippen molar-refractivity contribution in [2.45, 2.75) is 12.5 Å². The van der Waals surface area contributed by atoms with Gasteiger partial charge in [-0.25, -0.2) is 9.67 Å². The second-order valence-corrected chi connectivity index (χ2v) is 6.75. The maximum atomic E-state index is 12.8. The molecule has 0 atom stereocenters. The molecule has 0 saturated carbocycles. The summed E-state index contributed by atoms with van der Waals surface area (Å²) in [5.41, 5.74) is 1.05. The minimum atomic E-state index is -0.680. The van der Waals surface area contributed by atoms with E-state index in [4.69, 9.17) is 4.74 Å². The van der Waals surface area contributed by atoms with Gasteiger partial charge < -0.3 is 9.64 Å². The Kier molecular flexibility index (Phi) is 3.96. The number of aromatic nitrogens is 5. The molecular formula is C18H20N6O3. The van der Waals surface area contributed by atoms with Crippen molar-refractivity contribution in [1.29, 1.82) is 0 Å². The lowest BCUT2D eigenvalue weighted by atomic mass is 9.92. The van der Waals surface area contributed by atoms with Crippen molar-refractivity contribution < 1.29 is 9.53 Å². The summed E-state index contributed by atoms with van der Waals surface area (Å²) in [6, 6.07) is 8.79. The highest BCUT2D eigenvalue weighted by Crippen LogP contribution is 2.34. The lowest BCUT2D eigenvalue weighted by molar-refractivity contribution is -0.122. The maximum Gasteiger partial charge on any atom is 0.272 e. The number of carbonyl (C=O) groups excluding carboxylic acids is 1. The van der Waals surface area contributed by atoms with Gasteiger partial charge in [0.05, 0.1) is 18.8 Å². The Hall–Kier alpha value is -3.20. The molecule has 0 unspecified atom stereocenters. The number of ether oxygens (including phenoxy) is 1. The Morgan fingerprint density at radius 2 is 1.96 bits per heavy atom. The van der Waals surface area contributed by atoms with E-state index in [1.165, 1.54) is 17.1 Å². The number of benzene rings is 1. The molecule has 9 heteroatoms. The van der Waals surface area contributed by atoms with Crippen LogP contribution in [0.25, 0.3) is 5.69 Å². The fourth-order valence-corrected chi connectivity index (χ4v) is 3.35. The van der Waals surface area contributed by atoms with Gasteiger partial charge in [0.25, 0.3) is 11.5 Å². The van der Waals surface area contributed by atoms with E-state index >= 15 is 0 Å². The third kappa shape index (κ3) is 2.76. The second kappa shape index (κ2) is 6.20. The first-order valence-corrected chi connectivity index (χ1v) is 8.51. The van der Waals surface area contributed by atoms with Gasteiger partial charge in [-0.1, -0.05) is 17.7 Å². The number of aromatic amines is 1. The van der Waals surface area contributed by atoms with E-state index in [1.54, 1.807) is 23.7 Å². The predicted octanol–water partition coefficient (Wildman–Crippen LogP) is 0.600. The first kappa shape index (κ1) is 17.2. The van der Waals surface area contributed by atoms with Crippen LogP contribution in [0.1, 0.15) is 21.9 Å². The molecule has 1 amide bonds. The molecule has 1 fully saturated rings. The topological polar surface area (TPSA) is 98.0 Å². The van der Waals surface area contributed by atoms with E-state index in [-0.39, 0.29) is 17.2 Å². The van der Waals surface area contributed by atoms with E-state index in [1.807, 2.05) is 31.2 Å². The number of nitrogens with zero attached hydrogens (tertiary/aromatic N) is 5. The van der Waals surface area contributed by atoms with Crippen molar-refractivity contribution in [2.24, 2.45) is 7.05 Å². The molecule has 1 aliphatic heterocycles. The summed E-state index contributed by atoms with van der Waals surface area (Å²) in [6.07, 6.45) is 1.46. The van der Waals surface area contributed by atoms with Crippen LogP contribution in [-0.4, -0.2) is 55.6 Å². The molecule has 1 aromatic carbocycles. The number of rotatable bonds is 4. The molecule has 0 bridgehead atoms. The zero-order chi connectivity index (χ0) is 19.2. The molecule has 0 radical (unpaired) electrons. The quantitative estimate of drug-likeness (QED) is 0.727. The molecule has 27 heavy (non-hydrogen) atoms. The van der Waals surface area contributed by atoms with Crippen LogP contribution in [0.2, 0.25) is 0 Å². The van der Waals surface area contributed by atoms with Crippen molar-refractivity contribution in [3.63, 3.8) is 0 Å². The highest BCUT2D eigenvalue weighted by atomic mass is 16.5. The number of hydrogen-bond acceptors (Lipinski definition) is 5. The molecule has 3 aromatic rings. The molecule has 140 valence electrons. The van der Waals surface area contributed by atoms with Crippen LogP contribution in [0.15, 0.2) is 41.5 Å². The standard InChI is InChI=1S/C18H20N6O3/c1-12-4-6-13(7-5-12)24-15(25)8-14(21-24)16(26)23-9-18(10-23,27-3)17-19-11-20-22(17)2/h4-8,11,21H,9-10H2,1-3H3. The van der Waals surface area contributed by atoms with Crippen LogP contribution in [0.3, 0.4) is 0 Å². The van der Waals surface area contributed by atoms with Gasteiger partial charge in [0.2, 0.25) is 0 Å². The highest BCUT2D eigenvalue weighted by Gasteiger charge is 2.50. The average molecular weight is 368 g/mol. The Morgan fingerprint density at radius 1 is 1.26 bits per heavy atom. The number of H-pyrrole nitrogens is 1. The van der Waals surface area contributed by atoms with Gasteiger partial charge in [-0.05, 0) is 19.1 Å². The smallest absolute Gasteiger partial charge is 0.272 e. The van der Waals surface area contributed by atoms with Crippen LogP contribution in [0, 0.1) is 6.92 Å². The minimum Gasteiger partial charge on any atom is -0.366 e. The van der Waals surface area contributed by atoms with Crippen molar-refractivity contribution in [1.82, 2.24) is 29.4 Å². The fourth-order valence-electron chi connectivity index (χ4n) is 3.35. The molecule has 0 spiro atoms. The molecule has 2 aromatic heterocycles. The van der Waals surface area contributed by atoms with Gasteiger partial charge in [0.15, 0.2) is 11.4 Å². The lowest BCUT2D eigenvalue weighted by Crippen LogP contribution is -2.63. The molecular weight excluding hydrogens is 348 g/mol. The van der Waals surface area contributed by atoms with Gasteiger partial charge in [0.1, 0.15) is 12.0 Å². The zero-order valence-electron chi connectivity index (χ0n) is 15.3. The summed E-state index contributed by atoms with van der Waals surface area (Å²) in [5, 5.41) is 6.96. The monoisotopic (exact) mass is 368 g/mol. The number of hydrogen-bond donors (Lipinski definition) is 1. The Morgan fingerprint density at radius 3 is 2.56 bits per heavy atom. The predicted molar refractivity (Wildman–Crippen MR) is 96.7 cm³/mol. The van der Waals surface area contributed by atoms with Crippen molar-refractivity contribution in [2.75, 3.05) is 20.2 Å².